The van der Waals surface area contributed by atoms with Gasteiger partial charge >= 0.3 is 0 Å². The summed E-state index contributed by atoms with van der Waals surface area (Å²) < 4.78 is 3.70. The van der Waals surface area contributed by atoms with Gasteiger partial charge in [-0.3, -0.25) is 0 Å². The van der Waals surface area contributed by atoms with Gasteiger partial charge in [0.25, 0.3) is 0 Å². The molecule has 0 aliphatic rings. The zero-order valence-electron chi connectivity index (χ0n) is 7.67. The number of allylic oxidation sites excluding steroid dienone is 2. The Balaban J connectivity index is 0. The van der Waals surface area contributed by atoms with Crippen LogP contribution < -0.4 is 9.79 Å². The summed E-state index contributed by atoms with van der Waals surface area (Å²) in [6.07, 6.45) is 0. The average molecular weight is 178 g/mol. The number of hydrogen-bond donors (Lipinski definition) is 0. The van der Waals surface area contributed by atoms with Crippen molar-refractivity contribution in [2.24, 2.45) is 0 Å². The van der Waals surface area contributed by atoms with Gasteiger partial charge in [0, 0.05) is 7.11 Å². The van der Waals surface area contributed by atoms with Crippen molar-refractivity contribution in [3.63, 3.8) is 0 Å². The molecule has 0 atom stereocenters. The van der Waals surface area contributed by atoms with Gasteiger partial charge in [-0.05, 0) is 27.7 Å². The first-order valence-electron chi connectivity index (χ1n) is 3.21. The molecule has 4 heteroatoms. The first-order valence-corrected chi connectivity index (χ1v) is 4.30. The Morgan fingerprint density at radius 1 is 1.00 bits per heavy atom. The van der Waals surface area contributed by atoms with Gasteiger partial charge in [-0.1, -0.05) is 11.1 Å². The van der Waals surface area contributed by atoms with Crippen molar-refractivity contribution in [2.75, 3.05) is 7.11 Å². The zero-order chi connectivity index (χ0) is 9.44. The van der Waals surface area contributed by atoms with Gasteiger partial charge in [0.15, 0.2) is 0 Å². The first-order chi connectivity index (χ1) is 4.91. The van der Waals surface area contributed by atoms with Crippen LogP contribution >= 0.6 is 8.60 Å². The second-order valence-electron chi connectivity index (χ2n) is 2.41. The molecule has 0 N–H and O–H groups in total. The van der Waals surface area contributed by atoms with Crippen LogP contribution in [0.25, 0.3) is 0 Å². The quantitative estimate of drug-likeness (QED) is 0.443. The highest BCUT2D eigenvalue weighted by molar-refractivity contribution is 7.36. The molecule has 0 aliphatic carbocycles. The van der Waals surface area contributed by atoms with Crippen LogP contribution in [0.1, 0.15) is 27.7 Å². The van der Waals surface area contributed by atoms with E-state index < -0.39 is 8.60 Å². The monoisotopic (exact) mass is 178 g/mol. The normalized spacial score (nSPS) is 8.73. The molecular formula is C7H15O3P-2. The minimum absolute atomic E-state index is 1.10. The zero-order valence-corrected chi connectivity index (χ0v) is 8.57. The maximum Gasteiger partial charge on any atom is 0.0365 e. The average Bonchev–Trinajstić information content (AvgIpc) is 1.89. The van der Waals surface area contributed by atoms with Gasteiger partial charge in [0.2, 0.25) is 0 Å². The summed E-state index contributed by atoms with van der Waals surface area (Å²) in [4.78, 5) is 18.4. The van der Waals surface area contributed by atoms with Gasteiger partial charge in [-0.15, -0.1) is 0 Å². The molecule has 0 bridgehead atoms. The van der Waals surface area contributed by atoms with Gasteiger partial charge in [-0.25, -0.2) is 0 Å². The van der Waals surface area contributed by atoms with E-state index in [9.17, 15) is 9.79 Å². The van der Waals surface area contributed by atoms with E-state index in [1.807, 2.05) is 0 Å². The Morgan fingerprint density at radius 2 is 1.18 bits per heavy atom. The van der Waals surface area contributed by atoms with Crippen LogP contribution in [0.2, 0.25) is 0 Å². The lowest BCUT2D eigenvalue weighted by Gasteiger charge is -2.25. The second-order valence-corrected chi connectivity index (χ2v) is 3.22. The van der Waals surface area contributed by atoms with Crippen LogP contribution in [0.4, 0.5) is 0 Å². The molecule has 0 spiro atoms. The van der Waals surface area contributed by atoms with E-state index in [0.29, 0.717) is 0 Å². The molecule has 0 saturated heterocycles. The second kappa shape index (κ2) is 8.15. The van der Waals surface area contributed by atoms with Gasteiger partial charge < -0.3 is 14.3 Å². The van der Waals surface area contributed by atoms with E-state index in [2.05, 4.69) is 32.2 Å². The molecule has 0 fully saturated rings. The summed E-state index contributed by atoms with van der Waals surface area (Å²) in [5.41, 5.74) is 2.85. The summed E-state index contributed by atoms with van der Waals surface area (Å²) >= 11 is 0. The van der Waals surface area contributed by atoms with E-state index in [1.54, 1.807) is 0 Å². The Hall–Kier alpha value is 0.0500. The SMILES string of the molecule is CC(C)=C(C)C.COP([O-])[O-]. The van der Waals surface area contributed by atoms with E-state index in [-0.39, 0.29) is 0 Å². The lowest BCUT2D eigenvalue weighted by molar-refractivity contribution is -0.316. The van der Waals surface area contributed by atoms with Crippen LogP contribution in [-0.4, -0.2) is 7.11 Å². The summed E-state index contributed by atoms with van der Waals surface area (Å²) in [5, 5.41) is 0. The first kappa shape index (κ1) is 13.6. The topological polar surface area (TPSA) is 55.3 Å². The molecule has 0 aromatic heterocycles. The van der Waals surface area contributed by atoms with E-state index in [4.69, 9.17) is 0 Å². The van der Waals surface area contributed by atoms with Crippen LogP contribution in [-0.2, 0) is 4.52 Å². The van der Waals surface area contributed by atoms with Crippen molar-refractivity contribution >= 4 is 8.60 Å². The highest BCUT2D eigenvalue weighted by Crippen LogP contribution is 2.07. The van der Waals surface area contributed by atoms with Crippen molar-refractivity contribution < 1.29 is 14.3 Å². The van der Waals surface area contributed by atoms with Crippen molar-refractivity contribution in [3.8, 4) is 0 Å². The molecule has 0 saturated carbocycles. The molecule has 0 radical (unpaired) electrons. The number of rotatable bonds is 1. The Kier molecular flexibility index (Phi) is 10.1. The van der Waals surface area contributed by atoms with Gasteiger partial charge in [-0.2, -0.15) is 8.60 Å². The third kappa shape index (κ3) is 17.8. The van der Waals surface area contributed by atoms with Crippen molar-refractivity contribution in [1.29, 1.82) is 0 Å². The third-order valence-corrected chi connectivity index (χ3v) is 1.45. The molecule has 0 aromatic carbocycles. The number of hydrogen-bond acceptors (Lipinski definition) is 3. The Morgan fingerprint density at radius 3 is 1.18 bits per heavy atom. The molecule has 0 heterocycles. The molecule has 0 rings (SSSR count). The highest BCUT2D eigenvalue weighted by atomic mass is 31.2. The summed E-state index contributed by atoms with van der Waals surface area (Å²) in [6, 6.07) is 0. The molecule has 0 aliphatic heterocycles. The highest BCUT2D eigenvalue weighted by Gasteiger charge is 1.75. The third-order valence-electron chi connectivity index (χ3n) is 1.15. The molecule has 0 amide bonds. The Bertz CT molecular complexity index is 103. The smallest absolute Gasteiger partial charge is 0.0365 e. The maximum atomic E-state index is 9.18. The maximum absolute atomic E-state index is 9.18. The molecule has 68 valence electrons. The van der Waals surface area contributed by atoms with E-state index in [1.165, 1.54) is 11.1 Å². The van der Waals surface area contributed by atoms with Crippen LogP contribution in [0, 0.1) is 0 Å². The van der Waals surface area contributed by atoms with E-state index >= 15 is 0 Å². The van der Waals surface area contributed by atoms with Crippen molar-refractivity contribution in [2.45, 2.75) is 27.7 Å². The van der Waals surface area contributed by atoms with Crippen molar-refractivity contribution in [1.82, 2.24) is 0 Å². The predicted molar refractivity (Wildman–Crippen MR) is 43.7 cm³/mol. The van der Waals surface area contributed by atoms with Crippen molar-refractivity contribution in [3.05, 3.63) is 11.1 Å². The van der Waals surface area contributed by atoms with Crippen LogP contribution in [0.15, 0.2) is 11.1 Å². The molecule has 0 unspecified atom stereocenters. The summed E-state index contributed by atoms with van der Waals surface area (Å²) in [6.45, 7) is 8.48. The molecule has 0 aromatic rings. The minimum atomic E-state index is -2.60. The molecular weight excluding hydrogens is 163 g/mol. The lowest BCUT2D eigenvalue weighted by atomic mass is 10.2. The summed E-state index contributed by atoms with van der Waals surface area (Å²) in [5.74, 6) is 0. The molecule has 3 nitrogen and oxygen atoms in total. The fraction of sp³-hybridized carbons (Fsp3) is 0.714. The summed E-state index contributed by atoms with van der Waals surface area (Å²) in [7, 11) is -1.50. The Labute approximate surface area is 69.7 Å². The fourth-order valence-electron chi connectivity index (χ4n) is 0. The van der Waals surface area contributed by atoms with Gasteiger partial charge in [0.05, 0.1) is 0 Å². The fourth-order valence-corrected chi connectivity index (χ4v) is 0. The minimum Gasteiger partial charge on any atom is -0.820 e. The lowest BCUT2D eigenvalue weighted by Crippen LogP contribution is -2.07. The predicted octanol–water partition coefficient (Wildman–Crippen LogP) is 0.943. The standard InChI is InChI=1S/C6H12.CH3O3P/c1-5(2)6(3)4;1-4-5(2)3/h1-4H3;1H3/q;-2. The largest absolute Gasteiger partial charge is 0.820 e. The van der Waals surface area contributed by atoms with Crippen LogP contribution in [0.3, 0.4) is 0 Å². The molecule has 11 heavy (non-hydrogen) atoms. The van der Waals surface area contributed by atoms with Crippen LogP contribution in [0.5, 0.6) is 0 Å². The van der Waals surface area contributed by atoms with E-state index in [0.717, 1.165) is 7.11 Å². The van der Waals surface area contributed by atoms with Gasteiger partial charge in [0.1, 0.15) is 0 Å².